The molecular weight excluding hydrogens is 161 g/mol. The summed E-state index contributed by atoms with van der Waals surface area (Å²) in [6.07, 6.45) is -0.0792. The van der Waals surface area contributed by atoms with Gasteiger partial charge in [0.25, 0.3) is 0 Å². The van der Waals surface area contributed by atoms with Gasteiger partial charge >= 0.3 is 0 Å². The highest BCUT2D eigenvalue weighted by molar-refractivity contribution is 5.37. The third-order valence-corrected chi connectivity index (χ3v) is 2.04. The molecule has 3 nitrogen and oxygen atoms in total. The smallest absolute Gasteiger partial charge is 0.187 e. The van der Waals surface area contributed by atoms with Gasteiger partial charge in [-0.2, -0.15) is 0 Å². The maximum absolute atomic E-state index is 12.8. The Morgan fingerprint density at radius 1 is 1.50 bits per heavy atom. The van der Waals surface area contributed by atoms with Gasteiger partial charge < -0.3 is 4.74 Å². The first-order valence-electron chi connectivity index (χ1n) is 3.70. The quantitative estimate of drug-likeness (QED) is 0.546. The van der Waals surface area contributed by atoms with Gasteiger partial charge in [-0.3, -0.25) is 4.84 Å². The van der Waals surface area contributed by atoms with Crippen LogP contribution < -0.4 is 4.74 Å². The van der Waals surface area contributed by atoms with E-state index in [-0.39, 0.29) is 12.0 Å². The number of rotatable bonds is 0. The highest BCUT2D eigenvalue weighted by Gasteiger charge is 2.44. The van der Waals surface area contributed by atoms with Crippen molar-refractivity contribution in [3.05, 3.63) is 29.6 Å². The summed E-state index contributed by atoms with van der Waals surface area (Å²) in [7, 11) is 0. The molecule has 2 aliphatic heterocycles. The summed E-state index contributed by atoms with van der Waals surface area (Å²) in [4.78, 5) is 5.10. The molecule has 0 N–H and O–H groups in total. The van der Waals surface area contributed by atoms with Gasteiger partial charge in [0.15, 0.2) is 13.0 Å². The number of halogens is 1. The fourth-order valence-electron chi connectivity index (χ4n) is 1.39. The number of hydrogen-bond acceptors (Lipinski definition) is 3. The second-order valence-corrected chi connectivity index (χ2v) is 2.83. The van der Waals surface area contributed by atoms with Crippen molar-refractivity contribution in [3.63, 3.8) is 0 Å². The predicted octanol–water partition coefficient (Wildman–Crippen LogP) is 1.42. The van der Waals surface area contributed by atoms with Crippen molar-refractivity contribution < 1.29 is 14.0 Å². The molecular formula is C8H6FNO2. The molecule has 2 aliphatic rings. The Bertz CT molecular complexity index is 342. The Morgan fingerprint density at radius 3 is 3.33 bits per heavy atom. The molecule has 0 amide bonds. The number of benzene rings is 1. The summed E-state index contributed by atoms with van der Waals surface area (Å²) < 4.78 is 18.0. The predicted molar refractivity (Wildman–Crippen MR) is 37.6 cm³/mol. The standard InChI is InChI=1S/C8H6FNO2/c9-5-1-2-7-6(3-5)8-10(12-8)4-11-7/h1-3,8H,4H2. The molecule has 0 bridgehead atoms. The molecule has 2 unspecified atom stereocenters. The third-order valence-electron chi connectivity index (χ3n) is 2.04. The lowest BCUT2D eigenvalue weighted by Gasteiger charge is -2.13. The van der Waals surface area contributed by atoms with Crippen LogP contribution in [0, 0.1) is 5.82 Å². The second kappa shape index (κ2) is 1.97. The Labute approximate surface area is 68.3 Å². The number of ether oxygens (including phenoxy) is 1. The lowest BCUT2D eigenvalue weighted by atomic mass is 10.1. The van der Waals surface area contributed by atoms with Gasteiger partial charge in [-0.15, -0.1) is 5.06 Å². The molecule has 4 heteroatoms. The minimum Gasteiger partial charge on any atom is -0.475 e. The Hall–Kier alpha value is -1.13. The maximum atomic E-state index is 12.8. The zero-order valence-electron chi connectivity index (χ0n) is 6.16. The van der Waals surface area contributed by atoms with Crippen LogP contribution in [-0.2, 0) is 4.84 Å². The van der Waals surface area contributed by atoms with Crippen LogP contribution in [0.5, 0.6) is 5.75 Å². The Kier molecular flexibility index (Phi) is 1.05. The average Bonchev–Trinajstić information content (AvgIpc) is 2.82. The van der Waals surface area contributed by atoms with Crippen molar-refractivity contribution in [2.45, 2.75) is 6.23 Å². The van der Waals surface area contributed by atoms with Crippen LogP contribution in [-0.4, -0.2) is 11.8 Å². The molecule has 62 valence electrons. The van der Waals surface area contributed by atoms with E-state index in [1.54, 1.807) is 11.1 Å². The van der Waals surface area contributed by atoms with Crippen LogP contribution >= 0.6 is 0 Å². The van der Waals surface area contributed by atoms with Gasteiger partial charge in [-0.25, -0.2) is 4.39 Å². The normalized spacial score (nSPS) is 30.1. The van der Waals surface area contributed by atoms with E-state index in [2.05, 4.69) is 0 Å². The molecule has 2 heterocycles. The molecule has 0 radical (unpaired) electrons. The van der Waals surface area contributed by atoms with E-state index in [0.29, 0.717) is 6.73 Å². The summed E-state index contributed by atoms with van der Waals surface area (Å²) in [5.74, 6) is 0.463. The number of fused-ring (bicyclic) bond motifs is 3. The van der Waals surface area contributed by atoms with E-state index in [1.165, 1.54) is 12.1 Å². The first kappa shape index (κ1) is 6.39. The van der Waals surface area contributed by atoms with Crippen LogP contribution in [0.4, 0.5) is 4.39 Å². The number of hydrogen-bond donors (Lipinski definition) is 0. The number of nitrogens with zero attached hydrogens (tertiary/aromatic N) is 1. The van der Waals surface area contributed by atoms with Gasteiger partial charge in [0.05, 0.1) is 0 Å². The summed E-state index contributed by atoms with van der Waals surface area (Å²) >= 11 is 0. The van der Waals surface area contributed by atoms with E-state index in [1.807, 2.05) is 0 Å². The lowest BCUT2D eigenvalue weighted by molar-refractivity contribution is 0.0983. The van der Waals surface area contributed by atoms with Crippen LogP contribution in [0.2, 0.25) is 0 Å². The molecule has 1 saturated heterocycles. The van der Waals surface area contributed by atoms with Gasteiger partial charge in [0, 0.05) is 5.56 Å². The summed E-state index contributed by atoms with van der Waals surface area (Å²) in [6.45, 7) is 0.434. The summed E-state index contributed by atoms with van der Waals surface area (Å²) in [5, 5.41) is 1.65. The van der Waals surface area contributed by atoms with Gasteiger partial charge in [0.2, 0.25) is 0 Å². The van der Waals surface area contributed by atoms with E-state index in [0.717, 1.165) is 11.3 Å². The van der Waals surface area contributed by atoms with Crippen molar-refractivity contribution in [2.75, 3.05) is 6.73 Å². The number of hydroxylamine groups is 2. The fraction of sp³-hybridized carbons (Fsp3) is 0.250. The Balaban J connectivity index is 2.14. The lowest BCUT2D eigenvalue weighted by Crippen LogP contribution is -2.14. The van der Waals surface area contributed by atoms with E-state index in [9.17, 15) is 4.39 Å². The van der Waals surface area contributed by atoms with E-state index in [4.69, 9.17) is 9.57 Å². The van der Waals surface area contributed by atoms with Crippen molar-refractivity contribution in [3.8, 4) is 5.75 Å². The Morgan fingerprint density at radius 2 is 2.42 bits per heavy atom. The monoisotopic (exact) mass is 167 g/mol. The molecule has 0 spiro atoms. The molecule has 0 saturated carbocycles. The summed E-state index contributed by atoms with van der Waals surface area (Å²) in [5.41, 5.74) is 0.779. The van der Waals surface area contributed by atoms with Crippen LogP contribution in [0.25, 0.3) is 0 Å². The van der Waals surface area contributed by atoms with Crippen LogP contribution in [0.15, 0.2) is 18.2 Å². The van der Waals surface area contributed by atoms with Gasteiger partial charge in [-0.1, -0.05) is 0 Å². The van der Waals surface area contributed by atoms with Gasteiger partial charge in [-0.05, 0) is 18.2 Å². The van der Waals surface area contributed by atoms with Crippen LogP contribution in [0.3, 0.4) is 0 Å². The minimum atomic E-state index is -0.255. The fourth-order valence-corrected chi connectivity index (χ4v) is 1.39. The van der Waals surface area contributed by atoms with Crippen molar-refractivity contribution in [1.82, 2.24) is 5.06 Å². The third kappa shape index (κ3) is 0.761. The van der Waals surface area contributed by atoms with E-state index >= 15 is 0 Å². The molecule has 0 aliphatic carbocycles. The van der Waals surface area contributed by atoms with Gasteiger partial charge in [0.1, 0.15) is 11.6 Å². The molecule has 1 fully saturated rings. The SMILES string of the molecule is Fc1ccc2c(c1)C1ON1CO2. The molecule has 0 aromatic heterocycles. The zero-order valence-corrected chi connectivity index (χ0v) is 6.16. The first-order chi connectivity index (χ1) is 5.84. The molecule has 1 aromatic rings. The second-order valence-electron chi connectivity index (χ2n) is 2.83. The van der Waals surface area contributed by atoms with Crippen molar-refractivity contribution >= 4 is 0 Å². The molecule has 2 atom stereocenters. The minimum absolute atomic E-state index is 0.0792. The van der Waals surface area contributed by atoms with Crippen molar-refractivity contribution in [1.29, 1.82) is 0 Å². The topological polar surface area (TPSA) is 24.8 Å². The highest BCUT2D eigenvalue weighted by Crippen LogP contribution is 2.44. The maximum Gasteiger partial charge on any atom is 0.187 e. The zero-order chi connectivity index (χ0) is 8.13. The molecule has 3 rings (SSSR count). The first-order valence-corrected chi connectivity index (χ1v) is 3.70. The van der Waals surface area contributed by atoms with Crippen LogP contribution in [0.1, 0.15) is 11.8 Å². The average molecular weight is 167 g/mol. The summed E-state index contributed by atoms with van der Waals surface area (Å²) in [6, 6.07) is 4.46. The van der Waals surface area contributed by atoms with E-state index < -0.39 is 0 Å². The largest absolute Gasteiger partial charge is 0.475 e. The van der Waals surface area contributed by atoms with Crippen molar-refractivity contribution in [2.24, 2.45) is 0 Å². The molecule has 1 aromatic carbocycles. The highest BCUT2D eigenvalue weighted by atomic mass is 19.1. The molecule has 12 heavy (non-hydrogen) atoms.